The summed E-state index contributed by atoms with van der Waals surface area (Å²) in [6, 6.07) is 0. The number of rotatable bonds is 4. The highest BCUT2D eigenvalue weighted by atomic mass is 16.5. The molecule has 0 aromatic heterocycles. The number of esters is 1. The molecule has 0 N–H and O–H groups in total. The first-order valence-electron chi connectivity index (χ1n) is 15.5. The molecule has 5 rings (SSSR count). The monoisotopic (exact) mass is 524 g/mol. The smallest absolute Gasteiger partial charge is 0.305 e. The molecule has 4 nitrogen and oxygen atoms in total. The number of hydrogen-bond acceptors (Lipinski definition) is 4. The number of carbonyl (C=O) groups is 3. The molecule has 0 bridgehead atoms. The van der Waals surface area contributed by atoms with Gasteiger partial charge in [0.15, 0.2) is 5.78 Å². The zero-order valence-corrected chi connectivity index (χ0v) is 25.4. The van der Waals surface area contributed by atoms with E-state index in [1.54, 1.807) is 0 Å². The molecule has 5 aliphatic carbocycles. The van der Waals surface area contributed by atoms with Crippen molar-refractivity contribution in [2.24, 2.45) is 50.2 Å². The van der Waals surface area contributed by atoms with Gasteiger partial charge in [-0.2, -0.15) is 0 Å². The summed E-state index contributed by atoms with van der Waals surface area (Å²) >= 11 is 0. The predicted octanol–water partition coefficient (Wildman–Crippen LogP) is 7.88. The van der Waals surface area contributed by atoms with Crippen LogP contribution >= 0.6 is 0 Å². The maximum absolute atomic E-state index is 14.5. The van der Waals surface area contributed by atoms with Gasteiger partial charge >= 0.3 is 5.97 Å². The Morgan fingerprint density at radius 1 is 0.947 bits per heavy atom. The summed E-state index contributed by atoms with van der Waals surface area (Å²) in [7, 11) is 0. The van der Waals surface area contributed by atoms with Crippen molar-refractivity contribution in [1.82, 2.24) is 0 Å². The van der Waals surface area contributed by atoms with Gasteiger partial charge in [0.05, 0.1) is 6.61 Å². The summed E-state index contributed by atoms with van der Waals surface area (Å²) in [5.74, 6) is 1.23. The minimum absolute atomic E-state index is 0.00477. The average molecular weight is 525 g/mol. The van der Waals surface area contributed by atoms with Crippen LogP contribution in [0.4, 0.5) is 0 Å². The van der Waals surface area contributed by atoms with Crippen molar-refractivity contribution >= 4 is 17.5 Å². The second-order valence-electron chi connectivity index (χ2n) is 16.0. The topological polar surface area (TPSA) is 60.4 Å². The molecule has 0 amide bonds. The van der Waals surface area contributed by atoms with E-state index in [2.05, 4.69) is 54.5 Å². The van der Waals surface area contributed by atoms with Crippen molar-refractivity contribution in [2.45, 2.75) is 126 Å². The van der Waals surface area contributed by atoms with Crippen LogP contribution < -0.4 is 0 Å². The van der Waals surface area contributed by atoms with Crippen LogP contribution in [0.25, 0.3) is 0 Å². The molecular weight excluding hydrogens is 472 g/mol. The molecule has 4 heteroatoms. The van der Waals surface area contributed by atoms with Crippen LogP contribution in [0, 0.1) is 50.2 Å². The highest BCUT2D eigenvalue weighted by molar-refractivity contribution is 5.96. The summed E-state index contributed by atoms with van der Waals surface area (Å²) in [6.45, 7) is 18.6. The van der Waals surface area contributed by atoms with Crippen molar-refractivity contribution in [2.75, 3.05) is 6.61 Å². The zero-order valence-electron chi connectivity index (χ0n) is 25.4. The Bertz CT molecular complexity index is 1070. The fourth-order valence-corrected chi connectivity index (χ4v) is 10.9. The zero-order chi connectivity index (χ0) is 27.9. The number of ether oxygens (including phenoxy) is 1. The lowest BCUT2D eigenvalue weighted by Gasteiger charge is -2.70. The summed E-state index contributed by atoms with van der Waals surface area (Å²) in [6.07, 6.45) is 12.5. The third kappa shape index (κ3) is 3.77. The van der Waals surface area contributed by atoms with Crippen molar-refractivity contribution < 1.29 is 19.1 Å². The largest absolute Gasteiger partial charge is 0.466 e. The van der Waals surface area contributed by atoms with Gasteiger partial charge in [0.1, 0.15) is 5.78 Å². The fourth-order valence-electron chi connectivity index (χ4n) is 10.9. The van der Waals surface area contributed by atoms with Crippen molar-refractivity contribution in [3.63, 3.8) is 0 Å². The molecule has 5 aliphatic rings. The molecular formula is C34H52O4. The Kier molecular flexibility index (Phi) is 6.49. The highest BCUT2D eigenvalue weighted by Crippen LogP contribution is 2.75. The highest BCUT2D eigenvalue weighted by Gasteiger charge is 2.69. The Morgan fingerprint density at radius 3 is 2.32 bits per heavy atom. The first kappa shape index (κ1) is 28.1. The lowest BCUT2D eigenvalue weighted by Crippen LogP contribution is -2.65. The standard InChI is InChI=1S/C34H52O4/c1-9-38-27(37)12-15-34-18-16-29(2,3)21-22(34)28-23(35)20-25-31(6)13-11-26(36)30(4,5)24(31)10-14-32(25,7)33(28,8)17-19-34/h20,22,24,28H,9-19,21H2,1-8H3/t22-,24-,28-,31-,32+,33+,34+/m0/s1. The van der Waals surface area contributed by atoms with Gasteiger partial charge in [-0.3, -0.25) is 14.4 Å². The SMILES string of the molecule is CCOC(=O)CC[C@]12CCC(C)(C)C[C@H]1[C@H]1C(=O)C=C3[C@@]4(C)CCC(=O)C(C)(C)[C@@H]4CC[C@@]3(C)[C@]1(C)CC2. The van der Waals surface area contributed by atoms with Crippen LogP contribution in [0.3, 0.4) is 0 Å². The van der Waals surface area contributed by atoms with E-state index in [0.29, 0.717) is 42.9 Å². The molecule has 4 saturated carbocycles. The number of fused-ring (bicyclic) bond motifs is 7. The Balaban J connectivity index is 1.57. The van der Waals surface area contributed by atoms with Gasteiger partial charge in [-0.15, -0.1) is 0 Å². The molecule has 0 radical (unpaired) electrons. The molecule has 0 aromatic rings. The van der Waals surface area contributed by atoms with Gasteiger partial charge in [0.2, 0.25) is 0 Å². The second-order valence-corrected chi connectivity index (χ2v) is 16.0. The van der Waals surface area contributed by atoms with Crippen molar-refractivity contribution in [3.8, 4) is 0 Å². The Labute approximate surface area is 231 Å². The summed E-state index contributed by atoms with van der Waals surface area (Å²) < 4.78 is 5.33. The predicted molar refractivity (Wildman–Crippen MR) is 150 cm³/mol. The van der Waals surface area contributed by atoms with Gasteiger partial charge in [0, 0.05) is 24.2 Å². The fraction of sp³-hybridized carbons (Fsp3) is 0.853. The molecule has 0 heterocycles. The van der Waals surface area contributed by atoms with Crippen LogP contribution in [0.1, 0.15) is 126 Å². The van der Waals surface area contributed by atoms with Gasteiger partial charge < -0.3 is 4.74 Å². The van der Waals surface area contributed by atoms with Gasteiger partial charge in [0.25, 0.3) is 0 Å². The number of ketones is 2. The van der Waals surface area contributed by atoms with E-state index >= 15 is 0 Å². The van der Waals surface area contributed by atoms with Crippen LogP contribution in [0.5, 0.6) is 0 Å². The molecule has 0 unspecified atom stereocenters. The normalized spacial score (nSPS) is 45.2. The molecule has 38 heavy (non-hydrogen) atoms. The van der Waals surface area contributed by atoms with Gasteiger partial charge in [-0.25, -0.2) is 0 Å². The summed E-state index contributed by atoms with van der Waals surface area (Å²) in [5.41, 5.74) is 1.04. The minimum Gasteiger partial charge on any atom is -0.466 e. The number of hydrogen-bond donors (Lipinski definition) is 0. The van der Waals surface area contributed by atoms with E-state index in [-0.39, 0.29) is 44.4 Å². The van der Waals surface area contributed by atoms with E-state index in [1.807, 2.05) is 6.92 Å². The molecule has 0 aliphatic heterocycles. The Hall–Kier alpha value is -1.45. The first-order chi connectivity index (χ1) is 17.6. The lowest BCUT2D eigenvalue weighted by atomic mass is 9.33. The van der Waals surface area contributed by atoms with E-state index < -0.39 is 0 Å². The lowest BCUT2D eigenvalue weighted by molar-refractivity contribution is -0.177. The maximum Gasteiger partial charge on any atom is 0.305 e. The van der Waals surface area contributed by atoms with Crippen molar-refractivity contribution in [3.05, 3.63) is 11.6 Å². The van der Waals surface area contributed by atoms with E-state index in [4.69, 9.17) is 4.74 Å². The van der Waals surface area contributed by atoms with Crippen LogP contribution in [-0.4, -0.2) is 24.1 Å². The molecule has 7 atom stereocenters. The maximum atomic E-state index is 14.5. The molecule has 4 fully saturated rings. The quantitative estimate of drug-likeness (QED) is 0.351. The van der Waals surface area contributed by atoms with E-state index in [1.165, 1.54) is 5.57 Å². The molecule has 212 valence electrons. The first-order valence-corrected chi connectivity index (χ1v) is 15.5. The van der Waals surface area contributed by atoms with E-state index in [0.717, 1.165) is 57.8 Å². The molecule has 0 saturated heterocycles. The van der Waals surface area contributed by atoms with Crippen LogP contribution in [-0.2, 0) is 19.1 Å². The second kappa shape index (κ2) is 8.77. The van der Waals surface area contributed by atoms with Gasteiger partial charge in [-0.05, 0) is 110 Å². The number of allylic oxidation sites excluding steroid dienone is 2. The number of carbonyl (C=O) groups excluding carboxylic acids is 3. The average Bonchev–Trinajstić information content (AvgIpc) is 2.82. The van der Waals surface area contributed by atoms with Crippen LogP contribution in [0.2, 0.25) is 0 Å². The third-order valence-electron chi connectivity index (χ3n) is 13.4. The van der Waals surface area contributed by atoms with E-state index in [9.17, 15) is 14.4 Å². The summed E-state index contributed by atoms with van der Waals surface area (Å²) in [4.78, 5) is 39.9. The minimum atomic E-state index is -0.335. The molecule has 0 aromatic carbocycles. The van der Waals surface area contributed by atoms with Gasteiger partial charge in [-0.1, -0.05) is 54.0 Å². The Morgan fingerprint density at radius 2 is 1.63 bits per heavy atom. The summed E-state index contributed by atoms with van der Waals surface area (Å²) in [5, 5.41) is 0. The van der Waals surface area contributed by atoms with Crippen LogP contribution in [0.15, 0.2) is 11.6 Å². The van der Waals surface area contributed by atoms with Crippen molar-refractivity contribution in [1.29, 1.82) is 0 Å². The molecule has 0 spiro atoms. The number of Topliss-reactive ketones (excluding diaryl/α,β-unsaturated/α-hetero) is 1. The third-order valence-corrected chi connectivity index (χ3v) is 13.4.